The van der Waals surface area contributed by atoms with Gasteiger partial charge in [0.25, 0.3) is 0 Å². The molecule has 1 saturated heterocycles. The Kier molecular flexibility index (Phi) is 6.03. The van der Waals surface area contributed by atoms with Crippen molar-refractivity contribution in [2.45, 2.75) is 32.4 Å². The van der Waals surface area contributed by atoms with Gasteiger partial charge in [-0.25, -0.2) is 0 Å². The molecule has 1 aromatic carbocycles. The van der Waals surface area contributed by atoms with E-state index in [0.717, 1.165) is 37.4 Å². The maximum Gasteiger partial charge on any atom is 0.119 e. The molecule has 3 unspecified atom stereocenters. The van der Waals surface area contributed by atoms with Gasteiger partial charge in [0.1, 0.15) is 5.75 Å². The lowest BCUT2D eigenvalue weighted by atomic mass is 9.93. The van der Waals surface area contributed by atoms with Crippen LogP contribution in [-0.2, 0) is 0 Å². The van der Waals surface area contributed by atoms with E-state index in [2.05, 4.69) is 24.1 Å². The Morgan fingerprint density at radius 1 is 1.48 bits per heavy atom. The van der Waals surface area contributed by atoms with Gasteiger partial charge in [-0.05, 0) is 43.1 Å². The molecule has 0 bridgehead atoms. The van der Waals surface area contributed by atoms with Crippen molar-refractivity contribution >= 4 is 0 Å². The standard InChI is InChI=1S/C17H28N2O2/c1-4-18-16-8-9-19(11-13(16)2)12-17(20)14-6-5-7-15(10-14)21-3/h5-7,10,13,16-18,20H,4,8-9,11-12H2,1-3H3. The number of hydrogen-bond donors (Lipinski definition) is 2. The van der Waals surface area contributed by atoms with Crippen molar-refractivity contribution in [3.05, 3.63) is 29.8 Å². The minimum Gasteiger partial charge on any atom is -0.497 e. The van der Waals surface area contributed by atoms with Crippen LogP contribution in [0.2, 0.25) is 0 Å². The van der Waals surface area contributed by atoms with E-state index < -0.39 is 6.10 Å². The zero-order valence-electron chi connectivity index (χ0n) is 13.4. The fourth-order valence-corrected chi connectivity index (χ4v) is 3.16. The molecule has 0 aliphatic carbocycles. The van der Waals surface area contributed by atoms with Gasteiger partial charge in [0.2, 0.25) is 0 Å². The van der Waals surface area contributed by atoms with Gasteiger partial charge in [-0.1, -0.05) is 26.0 Å². The van der Waals surface area contributed by atoms with Crippen LogP contribution in [0.1, 0.15) is 31.9 Å². The fourth-order valence-electron chi connectivity index (χ4n) is 3.16. The van der Waals surface area contributed by atoms with Crippen LogP contribution in [0, 0.1) is 5.92 Å². The summed E-state index contributed by atoms with van der Waals surface area (Å²) in [6.45, 7) is 8.25. The number of hydrogen-bond acceptors (Lipinski definition) is 4. The zero-order valence-corrected chi connectivity index (χ0v) is 13.4. The van der Waals surface area contributed by atoms with Gasteiger partial charge in [-0.2, -0.15) is 0 Å². The van der Waals surface area contributed by atoms with E-state index in [-0.39, 0.29) is 0 Å². The van der Waals surface area contributed by atoms with Gasteiger partial charge in [0, 0.05) is 19.1 Å². The normalized spacial score (nSPS) is 24.8. The van der Waals surface area contributed by atoms with Crippen molar-refractivity contribution in [3.8, 4) is 5.75 Å². The molecule has 1 aliphatic heterocycles. The number of methoxy groups -OCH3 is 1. The summed E-state index contributed by atoms with van der Waals surface area (Å²) >= 11 is 0. The number of ether oxygens (including phenoxy) is 1. The first-order chi connectivity index (χ1) is 10.1. The molecule has 1 aliphatic rings. The summed E-state index contributed by atoms with van der Waals surface area (Å²) in [4.78, 5) is 2.36. The Bertz CT molecular complexity index is 439. The monoisotopic (exact) mass is 292 g/mol. The SMILES string of the molecule is CCNC1CCN(CC(O)c2cccc(OC)c2)CC1C. The maximum absolute atomic E-state index is 10.4. The third kappa shape index (κ3) is 4.43. The third-order valence-corrected chi connectivity index (χ3v) is 4.37. The van der Waals surface area contributed by atoms with Crippen molar-refractivity contribution in [3.63, 3.8) is 0 Å². The molecule has 2 rings (SSSR count). The smallest absolute Gasteiger partial charge is 0.119 e. The number of piperidine rings is 1. The number of nitrogens with zero attached hydrogens (tertiary/aromatic N) is 1. The van der Waals surface area contributed by atoms with Crippen LogP contribution >= 0.6 is 0 Å². The third-order valence-electron chi connectivity index (χ3n) is 4.37. The predicted octanol–water partition coefficient (Wildman–Crippen LogP) is 2.05. The average molecular weight is 292 g/mol. The topological polar surface area (TPSA) is 44.7 Å². The van der Waals surface area contributed by atoms with E-state index in [1.165, 1.54) is 0 Å². The van der Waals surface area contributed by atoms with E-state index in [1.807, 2.05) is 24.3 Å². The highest BCUT2D eigenvalue weighted by Gasteiger charge is 2.26. The van der Waals surface area contributed by atoms with Crippen molar-refractivity contribution in [2.24, 2.45) is 5.92 Å². The van der Waals surface area contributed by atoms with Crippen molar-refractivity contribution < 1.29 is 9.84 Å². The highest BCUT2D eigenvalue weighted by Crippen LogP contribution is 2.23. The molecule has 4 nitrogen and oxygen atoms in total. The van der Waals surface area contributed by atoms with Crippen LogP contribution in [0.3, 0.4) is 0 Å². The minimum absolute atomic E-state index is 0.456. The largest absolute Gasteiger partial charge is 0.497 e. The van der Waals surface area contributed by atoms with E-state index in [0.29, 0.717) is 18.5 Å². The molecule has 1 heterocycles. The molecule has 1 fully saturated rings. The number of nitrogens with one attached hydrogen (secondary N) is 1. The van der Waals surface area contributed by atoms with E-state index in [9.17, 15) is 5.11 Å². The first kappa shape index (κ1) is 16.3. The number of β-amino-alcohol motifs (C(OH)–C–C–N with tert-alkyl or cyclic N) is 1. The van der Waals surface area contributed by atoms with Gasteiger partial charge in [-0.3, -0.25) is 0 Å². The Morgan fingerprint density at radius 2 is 2.29 bits per heavy atom. The maximum atomic E-state index is 10.4. The zero-order chi connectivity index (χ0) is 15.2. The molecule has 0 aromatic heterocycles. The Hall–Kier alpha value is -1.10. The lowest BCUT2D eigenvalue weighted by molar-refractivity contribution is 0.0755. The predicted molar refractivity (Wildman–Crippen MR) is 85.6 cm³/mol. The quantitative estimate of drug-likeness (QED) is 0.842. The number of aliphatic hydroxyl groups excluding tert-OH is 1. The summed E-state index contributed by atoms with van der Waals surface area (Å²) in [6.07, 6.45) is 0.697. The summed E-state index contributed by atoms with van der Waals surface area (Å²) in [7, 11) is 1.65. The number of aliphatic hydroxyl groups is 1. The molecule has 0 spiro atoms. The first-order valence-corrected chi connectivity index (χ1v) is 7.91. The molecule has 118 valence electrons. The van der Waals surface area contributed by atoms with Gasteiger partial charge in [-0.15, -0.1) is 0 Å². The van der Waals surface area contributed by atoms with Crippen molar-refractivity contribution in [1.82, 2.24) is 10.2 Å². The Morgan fingerprint density at radius 3 is 2.95 bits per heavy atom. The molecule has 21 heavy (non-hydrogen) atoms. The molecule has 0 saturated carbocycles. The van der Waals surface area contributed by atoms with Gasteiger partial charge in [0.05, 0.1) is 13.2 Å². The fraction of sp³-hybridized carbons (Fsp3) is 0.647. The Balaban J connectivity index is 1.89. The lowest BCUT2D eigenvalue weighted by Gasteiger charge is -2.38. The summed E-state index contributed by atoms with van der Waals surface area (Å²) in [5.41, 5.74) is 0.927. The minimum atomic E-state index is -0.456. The molecular weight excluding hydrogens is 264 g/mol. The lowest BCUT2D eigenvalue weighted by Crippen LogP contribution is -2.49. The highest BCUT2D eigenvalue weighted by atomic mass is 16.5. The summed E-state index contributed by atoms with van der Waals surface area (Å²) < 4.78 is 5.22. The van der Waals surface area contributed by atoms with Crippen LogP contribution in [0.15, 0.2) is 24.3 Å². The second-order valence-electron chi connectivity index (χ2n) is 5.98. The summed E-state index contributed by atoms with van der Waals surface area (Å²) in [6, 6.07) is 8.32. The molecule has 2 N–H and O–H groups in total. The molecule has 3 atom stereocenters. The molecule has 0 amide bonds. The average Bonchev–Trinajstić information content (AvgIpc) is 2.50. The van der Waals surface area contributed by atoms with E-state index >= 15 is 0 Å². The number of benzene rings is 1. The molecular formula is C17H28N2O2. The first-order valence-electron chi connectivity index (χ1n) is 7.91. The molecule has 1 aromatic rings. The van der Waals surface area contributed by atoms with Crippen LogP contribution in [-0.4, -0.2) is 49.3 Å². The second kappa shape index (κ2) is 7.78. The molecule has 0 radical (unpaired) electrons. The van der Waals surface area contributed by atoms with Crippen LogP contribution in [0.5, 0.6) is 5.75 Å². The number of rotatable bonds is 6. The number of likely N-dealkylation sites (tertiary alicyclic amines) is 1. The van der Waals surface area contributed by atoms with Gasteiger partial charge >= 0.3 is 0 Å². The van der Waals surface area contributed by atoms with Crippen molar-refractivity contribution in [2.75, 3.05) is 33.3 Å². The van der Waals surface area contributed by atoms with Crippen LogP contribution in [0.25, 0.3) is 0 Å². The van der Waals surface area contributed by atoms with E-state index in [1.54, 1.807) is 7.11 Å². The van der Waals surface area contributed by atoms with E-state index in [4.69, 9.17) is 4.74 Å². The molecule has 4 heteroatoms. The van der Waals surface area contributed by atoms with Crippen molar-refractivity contribution in [1.29, 1.82) is 0 Å². The van der Waals surface area contributed by atoms with Gasteiger partial charge in [0.15, 0.2) is 0 Å². The Labute approximate surface area is 128 Å². The highest BCUT2D eigenvalue weighted by molar-refractivity contribution is 5.29. The van der Waals surface area contributed by atoms with Gasteiger partial charge < -0.3 is 20.1 Å². The van der Waals surface area contributed by atoms with Crippen LogP contribution < -0.4 is 10.1 Å². The van der Waals surface area contributed by atoms with Crippen LogP contribution in [0.4, 0.5) is 0 Å². The summed E-state index contributed by atoms with van der Waals surface area (Å²) in [5.74, 6) is 1.42. The summed E-state index contributed by atoms with van der Waals surface area (Å²) in [5, 5.41) is 14.0. The second-order valence-corrected chi connectivity index (χ2v) is 5.98.